The minimum Gasteiger partial charge on any atom is -0.467 e. The smallest absolute Gasteiger partial charge is 0.331 e. The molecule has 1 aliphatic rings. The molecule has 1 aliphatic carbocycles. The summed E-state index contributed by atoms with van der Waals surface area (Å²) >= 11 is 0. The summed E-state index contributed by atoms with van der Waals surface area (Å²) in [5.74, 6) is -0.171. The predicted octanol–water partition coefficient (Wildman–Crippen LogP) is 1.85. The molecule has 1 heterocycles. The van der Waals surface area contributed by atoms with Crippen molar-refractivity contribution in [2.45, 2.75) is 50.5 Å². The van der Waals surface area contributed by atoms with Crippen LogP contribution in [0.2, 0.25) is 0 Å². The molecule has 2 aromatic rings. The normalized spacial score (nSPS) is 16.2. The van der Waals surface area contributed by atoms with E-state index in [4.69, 9.17) is 4.74 Å². The van der Waals surface area contributed by atoms with Gasteiger partial charge in [-0.05, 0) is 25.0 Å². The number of nitrogens with zero attached hydrogens (tertiary/aromatic N) is 1. The molecular weight excluding hydrogens is 334 g/mol. The average Bonchev–Trinajstić information content (AvgIpc) is 2.66. The van der Waals surface area contributed by atoms with Gasteiger partial charge in [-0.15, -0.1) is 0 Å². The minimum absolute atomic E-state index is 0.139. The number of aromatic nitrogens is 2. The molecule has 26 heavy (non-hydrogen) atoms. The van der Waals surface area contributed by atoms with Crippen LogP contribution in [-0.2, 0) is 20.7 Å². The maximum absolute atomic E-state index is 12.4. The summed E-state index contributed by atoms with van der Waals surface area (Å²) in [5.41, 5.74) is -0.539. The van der Waals surface area contributed by atoms with E-state index in [1.54, 1.807) is 18.2 Å². The molecule has 1 saturated carbocycles. The molecule has 0 unspecified atom stereocenters. The molecular formula is C19H23N3O4. The van der Waals surface area contributed by atoms with E-state index in [0.717, 1.165) is 19.3 Å². The lowest BCUT2D eigenvalue weighted by Crippen LogP contribution is -2.56. The van der Waals surface area contributed by atoms with Gasteiger partial charge in [0.15, 0.2) is 0 Å². The Morgan fingerprint density at radius 2 is 1.96 bits per heavy atom. The fraction of sp³-hybridized carbons (Fsp3) is 0.474. The quantitative estimate of drug-likeness (QED) is 0.795. The Balaban J connectivity index is 1.68. The first-order valence-electron chi connectivity index (χ1n) is 8.91. The molecule has 1 aromatic carbocycles. The number of rotatable bonds is 5. The van der Waals surface area contributed by atoms with Crippen molar-refractivity contribution in [1.29, 1.82) is 0 Å². The Bertz CT molecular complexity index is 868. The summed E-state index contributed by atoms with van der Waals surface area (Å²) in [4.78, 5) is 43.8. The van der Waals surface area contributed by atoms with Crippen molar-refractivity contribution < 1.29 is 14.3 Å². The third kappa shape index (κ3) is 3.76. The number of amides is 1. The average molecular weight is 357 g/mol. The summed E-state index contributed by atoms with van der Waals surface area (Å²) < 4.78 is 4.91. The van der Waals surface area contributed by atoms with Gasteiger partial charge in [0.2, 0.25) is 5.91 Å². The van der Waals surface area contributed by atoms with Crippen molar-refractivity contribution in [1.82, 2.24) is 15.3 Å². The number of methoxy groups -OCH3 is 1. The summed E-state index contributed by atoms with van der Waals surface area (Å²) in [7, 11) is 1.34. The molecule has 0 radical (unpaired) electrons. The van der Waals surface area contributed by atoms with Crippen LogP contribution < -0.4 is 10.9 Å². The van der Waals surface area contributed by atoms with Crippen LogP contribution >= 0.6 is 0 Å². The van der Waals surface area contributed by atoms with Crippen LogP contribution in [0.25, 0.3) is 10.9 Å². The van der Waals surface area contributed by atoms with Gasteiger partial charge in [-0.2, -0.15) is 0 Å². The van der Waals surface area contributed by atoms with Crippen molar-refractivity contribution in [3.05, 3.63) is 40.4 Å². The monoisotopic (exact) mass is 357 g/mol. The van der Waals surface area contributed by atoms with E-state index in [9.17, 15) is 14.4 Å². The highest BCUT2D eigenvalue weighted by Gasteiger charge is 2.41. The fourth-order valence-electron chi connectivity index (χ4n) is 3.55. The molecule has 1 aromatic heterocycles. The van der Waals surface area contributed by atoms with Gasteiger partial charge in [0.25, 0.3) is 5.56 Å². The van der Waals surface area contributed by atoms with E-state index < -0.39 is 5.54 Å². The zero-order valence-corrected chi connectivity index (χ0v) is 14.8. The highest BCUT2D eigenvalue weighted by atomic mass is 16.5. The third-order valence-corrected chi connectivity index (χ3v) is 4.91. The van der Waals surface area contributed by atoms with Crippen LogP contribution in [0.3, 0.4) is 0 Å². The second-order valence-corrected chi connectivity index (χ2v) is 6.71. The van der Waals surface area contributed by atoms with E-state index in [1.165, 1.54) is 7.11 Å². The first-order valence-corrected chi connectivity index (χ1v) is 8.91. The van der Waals surface area contributed by atoms with Gasteiger partial charge in [0.05, 0.1) is 18.0 Å². The number of hydrogen-bond donors (Lipinski definition) is 2. The third-order valence-electron chi connectivity index (χ3n) is 4.91. The van der Waals surface area contributed by atoms with Crippen molar-refractivity contribution in [3.8, 4) is 0 Å². The lowest BCUT2D eigenvalue weighted by atomic mass is 9.81. The van der Waals surface area contributed by atoms with Crippen LogP contribution in [0.1, 0.15) is 44.3 Å². The SMILES string of the molecule is COC(=O)C1(NC(=O)CCc2nc3ccccc3c(=O)[nH]2)CCCCC1. The number of aryl methyl sites for hydroxylation is 1. The van der Waals surface area contributed by atoms with Crippen LogP contribution in [-0.4, -0.2) is 34.5 Å². The lowest BCUT2D eigenvalue weighted by Gasteiger charge is -2.35. The summed E-state index contributed by atoms with van der Waals surface area (Å²) in [5, 5.41) is 3.39. The number of esters is 1. The maximum atomic E-state index is 12.4. The number of para-hydroxylation sites is 1. The Hall–Kier alpha value is -2.70. The molecule has 3 rings (SSSR count). The Kier molecular flexibility index (Phi) is 5.35. The molecule has 0 aliphatic heterocycles. The molecule has 1 fully saturated rings. The Labute approximate surface area is 151 Å². The molecule has 2 N–H and O–H groups in total. The lowest BCUT2D eigenvalue weighted by molar-refractivity contribution is -0.152. The van der Waals surface area contributed by atoms with Crippen LogP contribution in [0, 0.1) is 0 Å². The first-order chi connectivity index (χ1) is 12.5. The van der Waals surface area contributed by atoms with E-state index in [1.807, 2.05) is 6.07 Å². The number of ether oxygens (including phenoxy) is 1. The summed E-state index contributed by atoms with van der Waals surface area (Å²) in [6.07, 6.45) is 4.44. The van der Waals surface area contributed by atoms with Gasteiger partial charge in [0, 0.05) is 12.8 Å². The van der Waals surface area contributed by atoms with Crippen molar-refractivity contribution in [2.75, 3.05) is 7.11 Å². The predicted molar refractivity (Wildman–Crippen MR) is 96.7 cm³/mol. The van der Waals surface area contributed by atoms with E-state index in [-0.39, 0.29) is 23.9 Å². The highest BCUT2D eigenvalue weighted by Crippen LogP contribution is 2.29. The van der Waals surface area contributed by atoms with Crippen LogP contribution in [0.5, 0.6) is 0 Å². The zero-order chi connectivity index (χ0) is 18.6. The van der Waals surface area contributed by atoms with Gasteiger partial charge in [0.1, 0.15) is 11.4 Å². The van der Waals surface area contributed by atoms with E-state index in [0.29, 0.717) is 36.0 Å². The molecule has 138 valence electrons. The number of carbonyl (C=O) groups is 2. The van der Waals surface area contributed by atoms with E-state index >= 15 is 0 Å². The van der Waals surface area contributed by atoms with Crippen molar-refractivity contribution in [2.24, 2.45) is 0 Å². The van der Waals surface area contributed by atoms with Gasteiger partial charge >= 0.3 is 5.97 Å². The standard InChI is InChI=1S/C19H23N3O4/c1-26-18(25)19(11-5-2-6-12-19)22-16(23)10-9-15-20-14-8-4-3-7-13(14)17(24)21-15/h3-4,7-8H,2,5-6,9-12H2,1H3,(H,22,23)(H,20,21,24). The van der Waals surface area contributed by atoms with Crippen LogP contribution in [0.4, 0.5) is 0 Å². The Morgan fingerprint density at radius 1 is 1.23 bits per heavy atom. The second kappa shape index (κ2) is 7.68. The molecule has 7 heteroatoms. The minimum atomic E-state index is -0.922. The van der Waals surface area contributed by atoms with E-state index in [2.05, 4.69) is 15.3 Å². The van der Waals surface area contributed by atoms with Crippen molar-refractivity contribution >= 4 is 22.8 Å². The summed E-state index contributed by atoms with van der Waals surface area (Å²) in [6, 6.07) is 7.07. The number of nitrogens with one attached hydrogen (secondary N) is 2. The number of aromatic amines is 1. The molecule has 7 nitrogen and oxygen atoms in total. The van der Waals surface area contributed by atoms with Gasteiger partial charge in [-0.25, -0.2) is 9.78 Å². The fourth-order valence-corrected chi connectivity index (χ4v) is 3.55. The molecule has 0 spiro atoms. The van der Waals surface area contributed by atoms with Crippen molar-refractivity contribution in [3.63, 3.8) is 0 Å². The molecule has 0 bridgehead atoms. The number of carbonyl (C=O) groups excluding carboxylic acids is 2. The first kappa shape index (κ1) is 18.1. The van der Waals surface area contributed by atoms with Gasteiger partial charge < -0.3 is 15.0 Å². The van der Waals surface area contributed by atoms with Crippen LogP contribution in [0.15, 0.2) is 29.1 Å². The molecule has 0 saturated heterocycles. The largest absolute Gasteiger partial charge is 0.467 e. The highest BCUT2D eigenvalue weighted by molar-refractivity contribution is 5.88. The van der Waals surface area contributed by atoms with Gasteiger partial charge in [-0.1, -0.05) is 31.4 Å². The molecule has 1 amide bonds. The Morgan fingerprint density at radius 3 is 2.69 bits per heavy atom. The maximum Gasteiger partial charge on any atom is 0.331 e. The number of H-pyrrole nitrogens is 1. The number of hydrogen-bond acceptors (Lipinski definition) is 5. The zero-order valence-electron chi connectivity index (χ0n) is 14.8. The second-order valence-electron chi connectivity index (χ2n) is 6.71. The number of fused-ring (bicyclic) bond motifs is 1. The molecule has 0 atom stereocenters. The van der Waals surface area contributed by atoms with Gasteiger partial charge in [-0.3, -0.25) is 9.59 Å². The topological polar surface area (TPSA) is 101 Å². The summed E-state index contributed by atoms with van der Waals surface area (Å²) in [6.45, 7) is 0. The number of benzene rings is 1.